The van der Waals surface area contributed by atoms with Crippen molar-refractivity contribution in [3.05, 3.63) is 16.1 Å². The highest BCUT2D eigenvalue weighted by Gasteiger charge is 2.09. The lowest BCUT2D eigenvalue weighted by Crippen LogP contribution is -2.01. The lowest BCUT2D eigenvalue weighted by molar-refractivity contribution is 0.0594. The average Bonchev–Trinajstić information content (AvgIpc) is 2.62. The quantitative estimate of drug-likeness (QED) is 0.698. The third kappa shape index (κ3) is 2.81. The fraction of sp³-hybridized carbons (Fsp3) is 0.556. The van der Waals surface area contributed by atoms with E-state index in [1.165, 1.54) is 18.4 Å². The van der Waals surface area contributed by atoms with Crippen LogP contribution in [0, 0.1) is 0 Å². The molecule has 3 nitrogen and oxygen atoms in total. The van der Waals surface area contributed by atoms with Gasteiger partial charge in [0.1, 0.15) is 0 Å². The molecule has 0 fully saturated rings. The normalized spacial score (nSPS) is 10.0. The van der Waals surface area contributed by atoms with Crippen LogP contribution in [0.1, 0.15) is 35.3 Å². The zero-order chi connectivity index (χ0) is 9.68. The van der Waals surface area contributed by atoms with Crippen LogP contribution >= 0.6 is 11.3 Å². The third-order valence-electron chi connectivity index (χ3n) is 1.69. The van der Waals surface area contributed by atoms with Gasteiger partial charge in [-0.3, -0.25) is 0 Å². The van der Waals surface area contributed by atoms with Gasteiger partial charge in [-0.15, -0.1) is 11.3 Å². The number of aryl methyl sites for hydroxylation is 1. The summed E-state index contributed by atoms with van der Waals surface area (Å²) >= 11 is 1.52. The summed E-state index contributed by atoms with van der Waals surface area (Å²) in [6.07, 6.45) is 3.22. The highest BCUT2D eigenvalue weighted by Crippen LogP contribution is 2.13. The molecule has 0 amide bonds. The molecule has 0 unspecified atom stereocenters. The van der Waals surface area contributed by atoms with Crippen molar-refractivity contribution >= 4 is 17.3 Å². The van der Waals surface area contributed by atoms with Gasteiger partial charge in [0.05, 0.1) is 12.1 Å². The minimum atomic E-state index is -0.348. The van der Waals surface area contributed by atoms with Crippen LogP contribution in [0.15, 0.2) is 5.38 Å². The van der Waals surface area contributed by atoms with Crippen LogP contribution in [0.2, 0.25) is 0 Å². The molecule has 1 rings (SSSR count). The van der Waals surface area contributed by atoms with Crippen LogP contribution in [-0.4, -0.2) is 18.1 Å². The molecule has 0 spiro atoms. The number of nitrogens with zero attached hydrogens (tertiary/aromatic N) is 1. The van der Waals surface area contributed by atoms with Crippen LogP contribution in [0.4, 0.5) is 0 Å². The number of rotatable bonds is 4. The van der Waals surface area contributed by atoms with Gasteiger partial charge in [0.15, 0.2) is 5.69 Å². The van der Waals surface area contributed by atoms with Gasteiger partial charge in [0, 0.05) is 5.38 Å². The molecule has 72 valence electrons. The highest BCUT2D eigenvalue weighted by atomic mass is 32.1. The highest BCUT2D eigenvalue weighted by molar-refractivity contribution is 7.09. The van der Waals surface area contributed by atoms with E-state index >= 15 is 0 Å². The van der Waals surface area contributed by atoms with E-state index in [0.29, 0.717) is 5.69 Å². The Balaban J connectivity index is 2.58. The Morgan fingerprint density at radius 1 is 1.69 bits per heavy atom. The van der Waals surface area contributed by atoms with E-state index in [4.69, 9.17) is 0 Å². The molecule has 0 aromatic carbocycles. The minimum absolute atomic E-state index is 0.348. The molecule has 0 atom stereocenters. The van der Waals surface area contributed by atoms with Crippen LogP contribution < -0.4 is 0 Å². The number of aromatic nitrogens is 1. The van der Waals surface area contributed by atoms with E-state index < -0.39 is 0 Å². The Bertz CT molecular complexity index is 283. The maximum absolute atomic E-state index is 11.0. The van der Waals surface area contributed by atoms with Crippen molar-refractivity contribution in [2.75, 3.05) is 7.11 Å². The van der Waals surface area contributed by atoms with Crippen molar-refractivity contribution in [1.82, 2.24) is 4.98 Å². The summed E-state index contributed by atoms with van der Waals surface area (Å²) in [6, 6.07) is 0. The fourth-order valence-corrected chi connectivity index (χ4v) is 1.76. The monoisotopic (exact) mass is 199 g/mol. The first-order chi connectivity index (χ1) is 6.27. The van der Waals surface area contributed by atoms with Gasteiger partial charge < -0.3 is 4.74 Å². The molecular weight excluding hydrogens is 186 g/mol. The molecule has 1 aromatic heterocycles. The Labute approximate surface area is 81.8 Å². The predicted octanol–water partition coefficient (Wildman–Crippen LogP) is 2.27. The largest absolute Gasteiger partial charge is 0.464 e. The maximum Gasteiger partial charge on any atom is 0.357 e. The number of hydrogen-bond acceptors (Lipinski definition) is 4. The number of hydrogen-bond donors (Lipinski definition) is 0. The first kappa shape index (κ1) is 10.2. The lowest BCUT2D eigenvalue weighted by Gasteiger charge is -1.92. The summed E-state index contributed by atoms with van der Waals surface area (Å²) in [5, 5.41) is 2.76. The molecule has 0 aliphatic rings. The third-order valence-corrected chi connectivity index (χ3v) is 2.60. The zero-order valence-electron chi connectivity index (χ0n) is 7.87. The molecule has 0 radical (unpaired) electrons. The van der Waals surface area contributed by atoms with E-state index in [2.05, 4.69) is 16.6 Å². The number of carbonyl (C=O) groups is 1. The summed E-state index contributed by atoms with van der Waals surface area (Å²) in [6.45, 7) is 2.13. The molecule has 0 aliphatic carbocycles. The number of unbranched alkanes of at least 4 members (excludes halogenated alkanes) is 1. The van der Waals surface area contributed by atoms with Crippen LogP contribution in [0.25, 0.3) is 0 Å². The second-order valence-corrected chi connectivity index (χ2v) is 3.66. The summed E-state index contributed by atoms with van der Waals surface area (Å²) in [5.74, 6) is -0.348. The van der Waals surface area contributed by atoms with Crippen molar-refractivity contribution in [3.63, 3.8) is 0 Å². The number of thiazole rings is 1. The van der Waals surface area contributed by atoms with Crippen molar-refractivity contribution in [2.24, 2.45) is 0 Å². The zero-order valence-corrected chi connectivity index (χ0v) is 8.69. The van der Waals surface area contributed by atoms with E-state index in [-0.39, 0.29) is 5.97 Å². The van der Waals surface area contributed by atoms with Gasteiger partial charge in [-0.1, -0.05) is 13.3 Å². The first-order valence-corrected chi connectivity index (χ1v) is 5.18. The molecule has 1 aromatic rings. The number of ether oxygens (including phenoxy) is 1. The maximum atomic E-state index is 11.0. The molecule has 0 N–H and O–H groups in total. The van der Waals surface area contributed by atoms with Gasteiger partial charge in [0.2, 0.25) is 0 Å². The Kier molecular flexibility index (Phi) is 3.89. The Morgan fingerprint density at radius 3 is 3.08 bits per heavy atom. The topological polar surface area (TPSA) is 39.2 Å². The van der Waals surface area contributed by atoms with Crippen molar-refractivity contribution in [2.45, 2.75) is 26.2 Å². The predicted molar refractivity (Wildman–Crippen MR) is 52.1 cm³/mol. The fourth-order valence-electron chi connectivity index (χ4n) is 0.952. The first-order valence-electron chi connectivity index (χ1n) is 4.30. The van der Waals surface area contributed by atoms with Crippen LogP contribution in [0.5, 0.6) is 0 Å². The van der Waals surface area contributed by atoms with Crippen molar-refractivity contribution in [3.8, 4) is 0 Å². The molecule has 0 saturated heterocycles. The van der Waals surface area contributed by atoms with Gasteiger partial charge >= 0.3 is 5.97 Å². The van der Waals surface area contributed by atoms with Gasteiger partial charge in [-0.05, 0) is 12.8 Å². The van der Waals surface area contributed by atoms with Crippen molar-refractivity contribution < 1.29 is 9.53 Å². The molecular formula is C9H13NO2S. The molecule has 0 aliphatic heterocycles. The molecule has 1 heterocycles. The second kappa shape index (κ2) is 4.97. The van der Waals surface area contributed by atoms with E-state index in [1.807, 2.05) is 0 Å². The summed E-state index contributed by atoms with van der Waals surface area (Å²) in [7, 11) is 1.37. The van der Waals surface area contributed by atoms with Gasteiger partial charge in [-0.2, -0.15) is 0 Å². The standard InChI is InChI=1S/C9H13NO2S/c1-3-4-5-8-10-7(6-13-8)9(11)12-2/h6H,3-5H2,1-2H3. The molecule has 13 heavy (non-hydrogen) atoms. The summed E-state index contributed by atoms with van der Waals surface area (Å²) in [5.41, 5.74) is 0.429. The molecule has 0 bridgehead atoms. The Hall–Kier alpha value is -0.900. The summed E-state index contributed by atoms with van der Waals surface area (Å²) < 4.78 is 4.56. The number of esters is 1. The minimum Gasteiger partial charge on any atom is -0.464 e. The van der Waals surface area contributed by atoms with Crippen LogP contribution in [-0.2, 0) is 11.2 Å². The van der Waals surface area contributed by atoms with Crippen LogP contribution in [0.3, 0.4) is 0 Å². The number of methoxy groups -OCH3 is 1. The van der Waals surface area contributed by atoms with E-state index in [9.17, 15) is 4.79 Å². The van der Waals surface area contributed by atoms with Gasteiger partial charge in [0.25, 0.3) is 0 Å². The smallest absolute Gasteiger partial charge is 0.357 e. The molecule has 4 heteroatoms. The number of carbonyl (C=O) groups excluding carboxylic acids is 1. The Morgan fingerprint density at radius 2 is 2.46 bits per heavy atom. The van der Waals surface area contributed by atoms with E-state index in [1.54, 1.807) is 5.38 Å². The van der Waals surface area contributed by atoms with E-state index in [0.717, 1.165) is 24.3 Å². The van der Waals surface area contributed by atoms with Crippen molar-refractivity contribution in [1.29, 1.82) is 0 Å². The molecule has 0 saturated carbocycles. The second-order valence-electron chi connectivity index (χ2n) is 2.72. The SMILES string of the molecule is CCCCc1nc(C(=O)OC)cs1. The average molecular weight is 199 g/mol. The lowest BCUT2D eigenvalue weighted by atomic mass is 10.3. The van der Waals surface area contributed by atoms with Gasteiger partial charge in [-0.25, -0.2) is 9.78 Å². The summed E-state index contributed by atoms with van der Waals surface area (Å²) in [4.78, 5) is 15.2.